The molecule has 0 fully saturated rings. The van der Waals surface area contributed by atoms with Gasteiger partial charge in [-0.25, -0.2) is 9.78 Å². The Balaban J connectivity index is 1.38. The standard InChI is InChI=1S/C27H22F3N7O2/c1-16-22-15-32-25(34-20-9-5-11-31-14-20)35-23(22)36(2)26(39)37(16)21-10-4-8-19(13-21)33-24(38)17-6-3-7-18(12-17)27(28,29)30/h3-16H,1-2H3,(H,33,38)(H,32,34,35). The molecule has 0 saturated heterocycles. The lowest BCUT2D eigenvalue weighted by Gasteiger charge is -2.39. The molecule has 2 aromatic heterocycles. The minimum atomic E-state index is -4.57. The predicted molar refractivity (Wildman–Crippen MR) is 140 cm³/mol. The van der Waals surface area contributed by atoms with E-state index in [9.17, 15) is 22.8 Å². The van der Waals surface area contributed by atoms with Crippen LogP contribution in [0.4, 0.5) is 46.8 Å². The number of nitrogens with one attached hydrogen (secondary N) is 2. The molecule has 1 aliphatic heterocycles. The third-order valence-corrected chi connectivity index (χ3v) is 6.20. The van der Waals surface area contributed by atoms with Crippen LogP contribution in [0.15, 0.2) is 79.3 Å². The molecule has 1 atom stereocenters. The maximum atomic E-state index is 13.4. The highest BCUT2D eigenvalue weighted by atomic mass is 19.4. The number of carbonyl (C=O) groups is 2. The first-order valence-electron chi connectivity index (χ1n) is 11.8. The van der Waals surface area contributed by atoms with E-state index in [0.717, 1.165) is 12.1 Å². The highest BCUT2D eigenvalue weighted by Crippen LogP contribution is 2.38. The molecule has 0 aliphatic carbocycles. The Hall–Kier alpha value is -5.00. The van der Waals surface area contributed by atoms with Gasteiger partial charge in [0.15, 0.2) is 0 Å². The molecular weight excluding hydrogens is 511 g/mol. The first kappa shape index (κ1) is 25.6. The van der Waals surface area contributed by atoms with Gasteiger partial charge in [-0.05, 0) is 55.5 Å². The normalized spacial score (nSPS) is 15.1. The molecule has 3 heterocycles. The molecule has 9 nitrogen and oxygen atoms in total. The number of urea groups is 1. The number of hydrogen-bond acceptors (Lipinski definition) is 6. The molecule has 0 spiro atoms. The van der Waals surface area contributed by atoms with Gasteiger partial charge in [0, 0.05) is 41.9 Å². The summed E-state index contributed by atoms with van der Waals surface area (Å²) in [5.41, 5.74) is 1.13. The summed E-state index contributed by atoms with van der Waals surface area (Å²) in [4.78, 5) is 42.0. The van der Waals surface area contributed by atoms with Crippen molar-refractivity contribution < 1.29 is 22.8 Å². The molecule has 1 aliphatic rings. The molecule has 4 aromatic rings. The zero-order chi connectivity index (χ0) is 27.7. The number of halogens is 3. The van der Waals surface area contributed by atoms with Crippen molar-refractivity contribution in [2.45, 2.75) is 19.1 Å². The molecule has 2 aromatic carbocycles. The Morgan fingerprint density at radius 3 is 2.51 bits per heavy atom. The molecule has 12 heteroatoms. The fourth-order valence-corrected chi connectivity index (χ4v) is 4.24. The van der Waals surface area contributed by atoms with Gasteiger partial charge in [-0.3, -0.25) is 19.6 Å². The van der Waals surface area contributed by atoms with Crippen molar-refractivity contribution in [3.8, 4) is 0 Å². The average Bonchev–Trinajstić information content (AvgIpc) is 2.92. The van der Waals surface area contributed by atoms with Crippen LogP contribution in [-0.4, -0.2) is 33.9 Å². The Bertz CT molecular complexity index is 1550. The zero-order valence-electron chi connectivity index (χ0n) is 20.8. The number of pyridine rings is 1. The van der Waals surface area contributed by atoms with Crippen LogP contribution in [0.2, 0.25) is 0 Å². The summed E-state index contributed by atoms with van der Waals surface area (Å²) in [5, 5.41) is 5.67. The first-order valence-corrected chi connectivity index (χ1v) is 11.8. The van der Waals surface area contributed by atoms with Crippen LogP contribution in [0.3, 0.4) is 0 Å². The second-order valence-corrected chi connectivity index (χ2v) is 8.81. The average molecular weight is 534 g/mol. The third-order valence-electron chi connectivity index (χ3n) is 6.20. The van der Waals surface area contributed by atoms with E-state index in [2.05, 4.69) is 25.6 Å². The van der Waals surface area contributed by atoms with Gasteiger partial charge in [-0.1, -0.05) is 12.1 Å². The van der Waals surface area contributed by atoms with E-state index >= 15 is 0 Å². The molecule has 0 bridgehead atoms. The van der Waals surface area contributed by atoms with Crippen molar-refractivity contribution in [1.82, 2.24) is 15.0 Å². The highest BCUT2D eigenvalue weighted by Gasteiger charge is 2.36. The van der Waals surface area contributed by atoms with Gasteiger partial charge in [0.1, 0.15) is 5.82 Å². The summed E-state index contributed by atoms with van der Waals surface area (Å²) in [6, 6.07) is 13.5. The summed E-state index contributed by atoms with van der Waals surface area (Å²) in [6.07, 6.45) is 0.345. The topological polar surface area (TPSA) is 103 Å². The van der Waals surface area contributed by atoms with E-state index < -0.39 is 23.7 Å². The molecule has 0 radical (unpaired) electrons. The molecule has 1 unspecified atom stereocenters. The third kappa shape index (κ3) is 5.21. The van der Waals surface area contributed by atoms with Gasteiger partial charge in [-0.15, -0.1) is 0 Å². The van der Waals surface area contributed by atoms with Crippen LogP contribution in [0.5, 0.6) is 0 Å². The minimum absolute atomic E-state index is 0.140. The van der Waals surface area contributed by atoms with Crippen LogP contribution in [-0.2, 0) is 6.18 Å². The Labute approximate surface area is 221 Å². The molecule has 2 N–H and O–H groups in total. The van der Waals surface area contributed by atoms with E-state index in [4.69, 9.17) is 0 Å². The van der Waals surface area contributed by atoms with E-state index in [1.165, 1.54) is 21.9 Å². The lowest BCUT2D eigenvalue weighted by atomic mass is 10.1. The minimum Gasteiger partial charge on any atom is -0.323 e. The SMILES string of the molecule is CC1c2cnc(Nc3cccnc3)nc2N(C)C(=O)N1c1cccc(NC(=O)c2cccc(C(F)(F)F)c2)c1. The maximum Gasteiger partial charge on any atom is 0.416 e. The summed E-state index contributed by atoms with van der Waals surface area (Å²) in [6.45, 7) is 1.83. The van der Waals surface area contributed by atoms with E-state index in [0.29, 0.717) is 34.4 Å². The summed E-state index contributed by atoms with van der Waals surface area (Å²) in [7, 11) is 1.60. The fraction of sp³-hybridized carbons (Fsp3) is 0.148. The highest BCUT2D eigenvalue weighted by molar-refractivity contribution is 6.07. The van der Waals surface area contributed by atoms with Gasteiger partial charge >= 0.3 is 12.2 Å². The van der Waals surface area contributed by atoms with Gasteiger partial charge < -0.3 is 10.6 Å². The van der Waals surface area contributed by atoms with Crippen molar-refractivity contribution in [3.63, 3.8) is 0 Å². The molecule has 0 saturated carbocycles. The maximum absolute atomic E-state index is 13.4. The van der Waals surface area contributed by atoms with Gasteiger partial charge in [0.2, 0.25) is 5.95 Å². The van der Waals surface area contributed by atoms with E-state index in [1.807, 2.05) is 13.0 Å². The second-order valence-electron chi connectivity index (χ2n) is 8.81. The van der Waals surface area contributed by atoms with Crippen molar-refractivity contribution >= 4 is 40.8 Å². The number of hydrogen-bond donors (Lipinski definition) is 2. The number of nitrogens with zero attached hydrogens (tertiary/aromatic N) is 5. The van der Waals surface area contributed by atoms with Crippen LogP contribution >= 0.6 is 0 Å². The summed E-state index contributed by atoms with van der Waals surface area (Å²) >= 11 is 0. The van der Waals surface area contributed by atoms with Gasteiger partial charge in [-0.2, -0.15) is 18.2 Å². The van der Waals surface area contributed by atoms with Crippen molar-refractivity contribution in [1.29, 1.82) is 0 Å². The number of aromatic nitrogens is 3. The molecule has 5 rings (SSSR count). The van der Waals surface area contributed by atoms with Crippen LogP contribution in [0, 0.1) is 0 Å². The molecule has 3 amide bonds. The number of benzene rings is 2. The Morgan fingerprint density at radius 1 is 1.00 bits per heavy atom. The Kier molecular flexibility index (Phi) is 6.60. The number of anilines is 5. The molecular formula is C27H22F3N7O2. The second kappa shape index (κ2) is 10.0. The lowest BCUT2D eigenvalue weighted by molar-refractivity contribution is -0.137. The molecule has 198 valence electrons. The largest absolute Gasteiger partial charge is 0.416 e. The Morgan fingerprint density at radius 2 is 1.77 bits per heavy atom. The summed E-state index contributed by atoms with van der Waals surface area (Å²) < 4.78 is 39.2. The molecule has 39 heavy (non-hydrogen) atoms. The smallest absolute Gasteiger partial charge is 0.323 e. The van der Waals surface area contributed by atoms with Gasteiger partial charge in [0.05, 0.1) is 23.5 Å². The number of rotatable bonds is 5. The van der Waals surface area contributed by atoms with E-state index in [-0.39, 0.29) is 11.6 Å². The number of amides is 3. The predicted octanol–water partition coefficient (Wildman–Crippen LogP) is 6.02. The fourth-order valence-electron chi connectivity index (χ4n) is 4.24. The number of fused-ring (bicyclic) bond motifs is 1. The van der Waals surface area contributed by atoms with E-state index in [1.54, 1.807) is 56.0 Å². The quantitative estimate of drug-likeness (QED) is 0.325. The summed E-state index contributed by atoms with van der Waals surface area (Å²) in [5.74, 6) is 0.0428. The van der Waals surface area contributed by atoms with Crippen LogP contribution in [0.1, 0.15) is 34.5 Å². The van der Waals surface area contributed by atoms with Crippen molar-refractivity contribution in [3.05, 3.63) is 95.9 Å². The number of carbonyl (C=O) groups excluding carboxylic acids is 2. The van der Waals surface area contributed by atoms with Crippen molar-refractivity contribution in [2.75, 3.05) is 27.5 Å². The zero-order valence-corrected chi connectivity index (χ0v) is 20.8. The van der Waals surface area contributed by atoms with Crippen LogP contribution in [0.25, 0.3) is 0 Å². The lowest BCUT2D eigenvalue weighted by Crippen LogP contribution is -2.48. The monoisotopic (exact) mass is 533 g/mol. The van der Waals surface area contributed by atoms with Crippen molar-refractivity contribution in [2.24, 2.45) is 0 Å². The first-order chi connectivity index (χ1) is 18.6. The van der Waals surface area contributed by atoms with Crippen LogP contribution < -0.4 is 20.4 Å². The number of alkyl halides is 3. The van der Waals surface area contributed by atoms with Gasteiger partial charge in [0.25, 0.3) is 5.91 Å².